The second-order valence-corrected chi connectivity index (χ2v) is 4.67. The van der Waals surface area contributed by atoms with Crippen LogP contribution in [0.3, 0.4) is 0 Å². The van der Waals surface area contributed by atoms with E-state index in [2.05, 4.69) is 20.8 Å². The third-order valence-corrected chi connectivity index (χ3v) is 3.07. The van der Waals surface area contributed by atoms with Gasteiger partial charge in [-0.1, -0.05) is 29.8 Å². The molecule has 1 heterocycles. The molecule has 3 aromatic rings. The Hall–Kier alpha value is -2.73. The van der Waals surface area contributed by atoms with Crippen molar-refractivity contribution in [3.63, 3.8) is 0 Å². The zero-order chi connectivity index (χ0) is 14.7. The van der Waals surface area contributed by atoms with Crippen LogP contribution in [0.25, 0.3) is 5.69 Å². The highest BCUT2D eigenvalue weighted by atomic mass is 35.5. The smallest absolute Gasteiger partial charge is 0.255 e. The molecule has 0 aliphatic rings. The zero-order valence-corrected chi connectivity index (χ0v) is 11.5. The molecule has 0 spiro atoms. The minimum absolute atomic E-state index is 0.252. The molecule has 0 saturated heterocycles. The van der Waals surface area contributed by atoms with E-state index < -0.39 is 0 Å². The fraction of sp³-hybridized carbons (Fsp3) is 0. The van der Waals surface area contributed by atoms with E-state index in [-0.39, 0.29) is 5.91 Å². The number of amides is 1. The summed E-state index contributed by atoms with van der Waals surface area (Å²) in [5.74, 6) is -0.252. The van der Waals surface area contributed by atoms with Crippen molar-refractivity contribution in [3.8, 4) is 5.69 Å². The lowest BCUT2D eigenvalue weighted by atomic mass is 10.2. The van der Waals surface area contributed by atoms with Gasteiger partial charge in [-0.05, 0) is 40.8 Å². The van der Waals surface area contributed by atoms with Crippen LogP contribution in [0, 0.1) is 0 Å². The Morgan fingerprint density at radius 1 is 1.14 bits per heavy atom. The Balaban J connectivity index is 1.90. The van der Waals surface area contributed by atoms with Gasteiger partial charge in [0.05, 0.1) is 11.4 Å². The maximum atomic E-state index is 12.3. The van der Waals surface area contributed by atoms with E-state index in [1.54, 1.807) is 30.3 Å². The van der Waals surface area contributed by atoms with E-state index in [1.807, 2.05) is 18.2 Å². The molecular formula is C14H10ClN5O. The number of halogens is 1. The first kappa shape index (κ1) is 13.3. The summed E-state index contributed by atoms with van der Waals surface area (Å²) in [7, 11) is 0. The van der Waals surface area contributed by atoms with Crippen molar-refractivity contribution in [2.45, 2.75) is 0 Å². The fourth-order valence-corrected chi connectivity index (χ4v) is 2.07. The third kappa shape index (κ3) is 2.90. The van der Waals surface area contributed by atoms with Crippen molar-refractivity contribution in [3.05, 3.63) is 65.4 Å². The van der Waals surface area contributed by atoms with Gasteiger partial charge in [0.2, 0.25) is 0 Å². The van der Waals surface area contributed by atoms with Crippen molar-refractivity contribution in [1.29, 1.82) is 0 Å². The SMILES string of the molecule is O=C(Nc1ccccc1-n1cnnn1)c1cccc(Cl)c1. The highest BCUT2D eigenvalue weighted by Crippen LogP contribution is 2.20. The number of nitrogens with one attached hydrogen (secondary N) is 1. The molecule has 0 atom stereocenters. The number of hydrogen-bond donors (Lipinski definition) is 1. The van der Waals surface area contributed by atoms with Gasteiger partial charge in [0.1, 0.15) is 6.33 Å². The first-order chi connectivity index (χ1) is 10.2. The van der Waals surface area contributed by atoms with Gasteiger partial charge in [0, 0.05) is 10.6 Å². The van der Waals surface area contributed by atoms with Crippen LogP contribution in [0.2, 0.25) is 5.02 Å². The topological polar surface area (TPSA) is 72.7 Å². The Morgan fingerprint density at radius 3 is 2.76 bits per heavy atom. The van der Waals surface area contributed by atoms with E-state index in [9.17, 15) is 4.79 Å². The van der Waals surface area contributed by atoms with Crippen LogP contribution in [-0.2, 0) is 0 Å². The van der Waals surface area contributed by atoms with Gasteiger partial charge in [-0.15, -0.1) is 5.10 Å². The number of carbonyl (C=O) groups is 1. The minimum Gasteiger partial charge on any atom is -0.320 e. The van der Waals surface area contributed by atoms with Crippen molar-refractivity contribution in [1.82, 2.24) is 20.2 Å². The lowest BCUT2D eigenvalue weighted by molar-refractivity contribution is 0.102. The average molecular weight is 300 g/mol. The quantitative estimate of drug-likeness (QED) is 0.806. The molecule has 1 amide bonds. The van der Waals surface area contributed by atoms with Gasteiger partial charge in [0.25, 0.3) is 5.91 Å². The Labute approximate surface area is 125 Å². The Kier molecular flexibility index (Phi) is 3.61. The van der Waals surface area contributed by atoms with Crippen molar-refractivity contribution in [2.75, 3.05) is 5.32 Å². The number of hydrogen-bond acceptors (Lipinski definition) is 4. The number of tetrazole rings is 1. The maximum Gasteiger partial charge on any atom is 0.255 e. The summed E-state index contributed by atoms with van der Waals surface area (Å²) in [5.41, 5.74) is 1.77. The predicted molar refractivity (Wildman–Crippen MR) is 78.6 cm³/mol. The van der Waals surface area contributed by atoms with Crippen LogP contribution in [-0.4, -0.2) is 26.1 Å². The van der Waals surface area contributed by atoms with Crippen LogP contribution in [0.1, 0.15) is 10.4 Å². The van der Waals surface area contributed by atoms with Gasteiger partial charge < -0.3 is 5.32 Å². The summed E-state index contributed by atoms with van der Waals surface area (Å²) in [5, 5.41) is 14.3. The van der Waals surface area contributed by atoms with Crippen LogP contribution in [0.15, 0.2) is 54.9 Å². The zero-order valence-electron chi connectivity index (χ0n) is 10.8. The van der Waals surface area contributed by atoms with Gasteiger partial charge in [-0.3, -0.25) is 4.79 Å². The van der Waals surface area contributed by atoms with Crippen molar-refractivity contribution < 1.29 is 4.79 Å². The second kappa shape index (κ2) is 5.72. The highest BCUT2D eigenvalue weighted by Gasteiger charge is 2.10. The summed E-state index contributed by atoms with van der Waals surface area (Å²) in [6.07, 6.45) is 1.46. The van der Waals surface area contributed by atoms with Crippen molar-refractivity contribution >= 4 is 23.2 Å². The molecule has 3 rings (SSSR count). The standard InChI is InChI=1S/C14H10ClN5O/c15-11-5-3-4-10(8-11)14(21)17-12-6-1-2-7-13(12)20-9-16-18-19-20/h1-9H,(H,17,21). The van der Waals surface area contributed by atoms with E-state index >= 15 is 0 Å². The first-order valence-corrected chi connectivity index (χ1v) is 6.51. The van der Waals surface area contributed by atoms with Gasteiger partial charge in [-0.25, -0.2) is 0 Å². The van der Waals surface area contributed by atoms with Crippen LogP contribution in [0.4, 0.5) is 5.69 Å². The molecule has 0 unspecified atom stereocenters. The lowest BCUT2D eigenvalue weighted by Gasteiger charge is -2.10. The fourth-order valence-electron chi connectivity index (χ4n) is 1.87. The third-order valence-electron chi connectivity index (χ3n) is 2.83. The molecule has 1 N–H and O–H groups in total. The van der Waals surface area contributed by atoms with Crippen LogP contribution < -0.4 is 5.32 Å². The molecule has 0 radical (unpaired) electrons. The minimum atomic E-state index is -0.252. The molecule has 0 bridgehead atoms. The first-order valence-electron chi connectivity index (χ1n) is 6.13. The Morgan fingerprint density at radius 2 is 2.00 bits per heavy atom. The molecule has 0 fully saturated rings. The highest BCUT2D eigenvalue weighted by molar-refractivity contribution is 6.31. The largest absolute Gasteiger partial charge is 0.320 e. The van der Waals surface area contributed by atoms with Crippen LogP contribution >= 0.6 is 11.6 Å². The van der Waals surface area contributed by atoms with E-state index in [1.165, 1.54) is 11.0 Å². The maximum absolute atomic E-state index is 12.3. The number of anilines is 1. The molecule has 0 aliphatic carbocycles. The van der Waals surface area contributed by atoms with E-state index in [0.717, 1.165) is 0 Å². The monoisotopic (exact) mass is 299 g/mol. The average Bonchev–Trinajstić information content (AvgIpc) is 3.02. The number of rotatable bonds is 3. The molecule has 104 valence electrons. The Bertz CT molecular complexity index is 773. The number of carbonyl (C=O) groups excluding carboxylic acids is 1. The molecule has 21 heavy (non-hydrogen) atoms. The molecule has 7 heteroatoms. The van der Waals surface area contributed by atoms with Gasteiger partial charge in [0.15, 0.2) is 0 Å². The van der Waals surface area contributed by atoms with Crippen LogP contribution in [0.5, 0.6) is 0 Å². The molecule has 6 nitrogen and oxygen atoms in total. The molecule has 0 aliphatic heterocycles. The van der Waals surface area contributed by atoms with Gasteiger partial charge in [-0.2, -0.15) is 4.68 Å². The molecular weight excluding hydrogens is 290 g/mol. The summed E-state index contributed by atoms with van der Waals surface area (Å²) < 4.78 is 1.48. The van der Waals surface area contributed by atoms with Gasteiger partial charge >= 0.3 is 0 Å². The summed E-state index contributed by atoms with van der Waals surface area (Å²) in [6.45, 7) is 0. The predicted octanol–water partition coefficient (Wildman–Crippen LogP) is 2.57. The van der Waals surface area contributed by atoms with E-state index in [4.69, 9.17) is 11.6 Å². The summed E-state index contributed by atoms with van der Waals surface area (Å²) >= 11 is 5.89. The number of aromatic nitrogens is 4. The lowest BCUT2D eigenvalue weighted by Crippen LogP contribution is -2.14. The second-order valence-electron chi connectivity index (χ2n) is 4.24. The number of benzene rings is 2. The molecule has 0 saturated carbocycles. The normalized spacial score (nSPS) is 10.3. The summed E-state index contributed by atoms with van der Waals surface area (Å²) in [4.78, 5) is 12.3. The number of para-hydroxylation sites is 2. The van der Waals surface area contributed by atoms with E-state index in [0.29, 0.717) is 22.0 Å². The molecule has 1 aromatic heterocycles. The summed E-state index contributed by atoms with van der Waals surface area (Å²) in [6, 6.07) is 14.0. The van der Waals surface area contributed by atoms with Crippen molar-refractivity contribution in [2.24, 2.45) is 0 Å². The molecule has 2 aromatic carbocycles. The number of nitrogens with zero attached hydrogens (tertiary/aromatic N) is 4.